The van der Waals surface area contributed by atoms with Gasteiger partial charge in [0.1, 0.15) is 16.9 Å². The van der Waals surface area contributed by atoms with Crippen molar-refractivity contribution in [2.45, 2.75) is 49.6 Å². The van der Waals surface area contributed by atoms with E-state index in [1.807, 2.05) is 25.5 Å². The Balaban J connectivity index is 2.25. The number of azide groups is 1. The minimum Gasteiger partial charge on any atom is -0.361 e. The van der Waals surface area contributed by atoms with E-state index in [4.69, 9.17) is 10.3 Å². The number of aromatic nitrogens is 2. The van der Waals surface area contributed by atoms with Crippen LogP contribution < -0.4 is 0 Å². The number of thiophene rings is 1. The fraction of sp³-hybridized carbons (Fsp3) is 0.600. The quantitative estimate of drug-likeness (QED) is 0.289. The third-order valence-corrected chi connectivity index (χ3v) is 6.74. The number of hydrogen-bond donors (Lipinski definition) is 1. The largest absolute Gasteiger partial charge is 0.361 e. The molecular formula is C15H19N5O2S2. The summed E-state index contributed by atoms with van der Waals surface area (Å²) in [4.78, 5) is 12.2. The molecule has 0 bridgehead atoms. The lowest BCUT2D eigenvalue weighted by atomic mass is 9.79. The van der Waals surface area contributed by atoms with Crippen molar-refractivity contribution in [1.82, 2.24) is 9.97 Å². The van der Waals surface area contributed by atoms with Gasteiger partial charge in [0, 0.05) is 15.7 Å². The van der Waals surface area contributed by atoms with Gasteiger partial charge in [-0.2, -0.15) is 0 Å². The monoisotopic (exact) mass is 365 g/mol. The van der Waals surface area contributed by atoms with Crippen molar-refractivity contribution in [1.29, 1.82) is 0 Å². The first kappa shape index (κ1) is 17.4. The Bertz CT molecular complexity index is 821. The van der Waals surface area contributed by atoms with Crippen LogP contribution in [0.3, 0.4) is 0 Å². The highest BCUT2D eigenvalue weighted by Crippen LogP contribution is 2.54. The number of thioether (sulfide) groups is 1. The van der Waals surface area contributed by atoms with Crippen molar-refractivity contribution < 1.29 is 9.84 Å². The topological polar surface area (TPSA) is 104 Å². The fourth-order valence-electron chi connectivity index (χ4n) is 3.33. The summed E-state index contributed by atoms with van der Waals surface area (Å²) in [6.07, 6.45) is 3.94. The Hall–Kier alpha value is -1.38. The van der Waals surface area contributed by atoms with Gasteiger partial charge in [0.15, 0.2) is 0 Å². The van der Waals surface area contributed by atoms with Crippen LogP contribution in [-0.4, -0.2) is 33.0 Å². The highest BCUT2D eigenvalue weighted by Gasteiger charge is 2.62. The van der Waals surface area contributed by atoms with Gasteiger partial charge in [-0.15, -0.1) is 23.1 Å². The predicted octanol–water partition coefficient (Wildman–Crippen LogP) is 4.07. The predicted molar refractivity (Wildman–Crippen MR) is 95.0 cm³/mol. The molecule has 128 valence electrons. The lowest BCUT2D eigenvalue weighted by molar-refractivity contribution is -0.221. The van der Waals surface area contributed by atoms with Crippen LogP contribution in [-0.2, 0) is 10.5 Å². The molecule has 4 atom stereocenters. The molecule has 1 unspecified atom stereocenters. The van der Waals surface area contributed by atoms with E-state index in [2.05, 4.69) is 20.0 Å². The molecule has 2 aromatic heterocycles. The van der Waals surface area contributed by atoms with Crippen molar-refractivity contribution in [2.75, 3.05) is 6.26 Å². The lowest BCUT2D eigenvalue weighted by Gasteiger charge is -2.35. The second-order valence-electron chi connectivity index (χ2n) is 6.04. The van der Waals surface area contributed by atoms with Crippen LogP contribution in [0.15, 0.2) is 21.8 Å². The Labute approximate surface area is 148 Å². The molecule has 7 nitrogen and oxygen atoms in total. The summed E-state index contributed by atoms with van der Waals surface area (Å²) < 4.78 is 6.04. The van der Waals surface area contributed by atoms with Gasteiger partial charge in [0.25, 0.3) is 0 Å². The van der Waals surface area contributed by atoms with E-state index < -0.39 is 11.3 Å². The molecule has 24 heavy (non-hydrogen) atoms. The molecule has 2 aromatic rings. The molecule has 0 saturated carbocycles. The number of ether oxygens (including phenoxy) is 1. The van der Waals surface area contributed by atoms with Crippen LogP contribution >= 0.6 is 23.1 Å². The van der Waals surface area contributed by atoms with E-state index in [-0.39, 0.29) is 12.0 Å². The summed E-state index contributed by atoms with van der Waals surface area (Å²) in [7, 11) is 0. The fourth-order valence-corrected chi connectivity index (χ4v) is 5.08. The average molecular weight is 365 g/mol. The van der Waals surface area contributed by atoms with Gasteiger partial charge in [-0.05, 0) is 31.0 Å². The third-order valence-electron chi connectivity index (χ3n) is 4.97. The number of rotatable bonds is 4. The van der Waals surface area contributed by atoms with Crippen LogP contribution in [0.2, 0.25) is 0 Å². The maximum Gasteiger partial charge on any atom is 0.215 e. The molecule has 1 aliphatic rings. The second kappa shape index (κ2) is 6.16. The summed E-state index contributed by atoms with van der Waals surface area (Å²) in [6, 6.07) is 0. The molecule has 1 fully saturated rings. The Morgan fingerprint density at radius 2 is 2.29 bits per heavy atom. The normalized spacial score (nSPS) is 32.9. The first-order chi connectivity index (χ1) is 11.4. The van der Waals surface area contributed by atoms with Crippen molar-refractivity contribution in [3.63, 3.8) is 0 Å². The van der Waals surface area contributed by atoms with E-state index in [9.17, 15) is 5.11 Å². The smallest absolute Gasteiger partial charge is 0.215 e. The molecule has 0 spiro atoms. The van der Waals surface area contributed by atoms with E-state index in [1.54, 1.807) is 6.92 Å². The molecule has 3 rings (SSSR count). The van der Waals surface area contributed by atoms with Crippen LogP contribution in [0.5, 0.6) is 0 Å². The molecule has 0 aliphatic carbocycles. The van der Waals surface area contributed by atoms with Gasteiger partial charge in [-0.3, -0.25) is 0 Å². The van der Waals surface area contributed by atoms with E-state index in [0.29, 0.717) is 16.8 Å². The molecular weight excluding hydrogens is 346 g/mol. The lowest BCUT2D eigenvalue weighted by Crippen LogP contribution is -2.47. The van der Waals surface area contributed by atoms with Crippen LogP contribution in [0.25, 0.3) is 21.3 Å². The number of nitrogens with zero attached hydrogens (tertiary/aromatic N) is 5. The minimum atomic E-state index is -1.71. The molecule has 0 radical (unpaired) electrons. The summed E-state index contributed by atoms with van der Waals surface area (Å²) in [6.45, 7) is 5.68. The van der Waals surface area contributed by atoms with E-state index >= 15 is 0 Å². The Morgan fingerprint density at radius 3 is 2.92 bits per heavy atom. The number of fused-ring (bicyclic) bond motifs is 1. The van der Waals surface area contributed by atoms with Gasteiger partial charge < -0.3 is 9.84 Å². The zero-order valence-electron chi connectivity index (χ0n) is 13.9. The Kier molecular flexibility index (Phi) is 4.48. The van der Waals surface area contributed by atoms with Crippen molar-refractivity contribution in [2.24, 2.45) is 11.0 Å². The number of aliphatic hydroxyl groups is 1. The van der Waals surface area contributed by atoms with Gasteiger partial charge in [0.2, 0.25) is 5.79 Å². The highest BCUT2D eigenvalue weighted by atomic mass is 32.2. The van der Waals surface area contributed by atoms with Crippen LogP contribution in [0.1, 0.15) is 32.1 Å². The molecule has 9 heteroatoms. The zero-order chi connectivity index (χ0) is 17.5. The number of hydrogen-bond acceptors (Lipinski definition) is 7. The maximum atomic E-state index is 11.5. The van der Waals surface area contributed by atoms with Crippen LogP contribution in [0.4, 0.5) is 0 Å². The maximum absolute atomic E-state index is 11.5. The van der Waals surface area contributed by atoms with E-state index in [1.165, 1.54) is 29.4 Å². The van der Waals surface area contributed by atoms with Crippen LogP contribution in [0, 0.1) is 5.92 Å². The first-order valence-corrected chi connectivity index (χ1v) is 9.76. The zero-order valence-corrected chi connectivity index (χ0v) is 15.6. The molecule has 0 aromatic carbocycles. The minimum absolute atomic E-state index is 0.137. The molecule has 1 aliphatic heterocycles. The standard InChI is InChI=1S/C15H19N5O2S2/c1-5-10-8(2)14(3,19-20-16)15(21,22-10)12-11-9(6-24-12)13(23-4)18-7-17-11/h6-8,10,21H,5H2,1-4H3/t8-,10-,14-,15?/m1/s1. The van der Waals surface area contributed by atoms with Crippen molar-refractivity contribution in [3.8, 4) is 0 Å². The van der Waals surface area contributed by atoms with Gasteiger partial charge in [0.05, 0.1) is 16.5 Å². The first-order valence-electron chi connectivity index (χ1n) is 7.66. The molecule has 3 heterocycles. The SMILES string of the molecule is CC[C@H]1OC(O)(c2scc3c(SC)ncnc23)[C@](C)(N=[N+]=[N-])[C@@H]1C. The van der Waals surface area contributed by atoms with Gasteiger partial charge >= 0.3 is 0 Å². The van der Waals surface area contributed by atoms with Crippen molar-refractivity contribution >= 4 is 34.0 Å². The second-order valence-corrected chi connectivity index (χ2v) is 7.72. The third kappa shape index (κ3) is 2.23. The van der Waals surface area contributed by atoms with Crippen molar-refractivity contribution in [3.05, 3.63) is 27.0 Å². The van der Waals surface area contributed by atoms with Gasteiger partial charge in [-0.1, -0.05) is 19.0 Å². The molecule has 0 amide bonds. The van der Waals surface area contributed by atoms with Gasteiger partial charge in [-0.25, -0.2) is 9.97 Å². The molecule has 1 saturated heterocycles. The average Bonchev–Trinajstić information content (AvgIpc) is 3.10. The summed E-state index contributed by atoms with van der Waals surface area (Å²) >= 11 is 2.88. The highest BCUT2D eigenvalue weighted by molar-refractivity contribution is 7.98. The summed E-state index contributed by atoms with van der Waals surface area (Å²) in [5.41, 5.74) is 8.58. The Morgan fingerprint density at radius 1 is 1.54 bits per heavy atom. The summed E-state index contributed by atoms with van der Waals surface area (Å²) in [5.74, 6) is -1.85. The summed E-state index contributed by atoms with van der Waals surface area (Å²) in [5, 5.41) is 19.1. The molecule has 1 N–H and O–H groups in total. The van der Waals surface area contributed by atoms with E-state index in [0.717, 1.165) is 10.4 Å².